The fraction of sp³-hybridized carbons (Fsp3) is 0.348. The van der Waals surface area contributed by atoms with E-state index in [1.54, 1.807) is 42.5 Å². The van der Waals surface area contributed by atoms with E-state index >= 15 is 0 Å². The number of anilines is 1. The summed E-state index contributed by atoms with van der Waals surface area (Å²) in [4.78, 5) is 27.0. The van der Waals surface area contributed by atoms with E-state index in [1.165, 1.54) is 0 Å². The second kappa shape index (κ2) is 12.4. The van der Waals surface area contributed by atoms with Crippen LogP contribution in [0.25, 0.3) is 0 Å². The maximum Gasteiger partial charge on any atom is 0.257 e. The van der Waals surface area contributed by atoms with Gasteiger partial charge in [0.2, 0.25) is 0 Å². The summed E-state index contributed by atoms with van der Waals surface area (Å²) < 4.78 is 6.15. The predicted octanol–water partition coefficient (Wildman–Crippen LogP) is 5.24. The van der Waals surface area contributed by atoms with E-state index < -0.39 is 0 Å². The average Bonchev–Trinajstić information content (AvgIpc) is 2.75. The maximum absolute atomic E-state index is 12.7. The van der Waals surface area contributed by atoms with Gasteiger partial charge in [-0.1, -0.05) is 13.8 Å². The summed E-state index contributed by atoms with van der Waals surface area (Å²) >= 11 is 8.65. The number of amides is 2. The zero-order valence-electron chi connectivity index (χ0n) is 18.0. The van der Waals surface area contributed by atoms with Gasteiger partial charge in [-0.25, -0.2) is 0 Å². The first-order valence-electron chi connectivity index (χ1n) is 10.3. The Labute approximate surface area is 197 Å². The Morgan fingerprint density at radius 2 is 1.61 bits per heavy atom. The van der Waals surface area contributed by atoms with E-state index in [-0.39, 0.29) is 16.9 Å². The zero-order valence-corrected chi connectivity index (χ0v) is 20.4. The highest BCUT2D eigenvalue weighted by atomic mass is 79.9. The van der Waals surface area contributed by atoms with Crippen LogP contribution >= 0.6 is 28.1 Å². The van der Waals surface area contributed by atoms with Crippen LogP contribution in [0.4, 0.5) is 5.69 Å². The minimum atomic E-state index is -0.331. The van der Waals surface area contributed by atoms with Gasteiger partial charge >= 0.3 is 0 Å². The molecule has 0 atom stereocenters. The van der Waals surface area contributed by atoms with Crippen molar-refractivity contribution < 1.29 is 14.3 Å². The molecule has 0 aliphatic heterocycles. The summed E-state index contributed by atoms with van der Waals surface area (Å²) in [5.74, 6) is 0.362. The Hall–Kier alpha value is -2.45. The van der Waals surface area contributed by atoms with Crippen LogP contribution in [-0.4, -0.2) is 41.5 Å². The summed E-state index contributed by atoms with van der Waals surface area (Å²) in [7, 11) is 0. The fourth-order valence-electron chi connectivity index (χ4n) is 2.99. The number of carbonyl (C=O) groups excluding carboxylic acids is 2. The number of hydrogen-bond acceptors (Lipinski definition) is 4. The smallest absolute Gasteiger partial charge is 0.257 e. The van der Waals surface area contributed by atoms with E-state index in [9.17, 15) is 9.59 Å². The van der Waals surface area contributed by atoms with Crippen molar-refractivity contribution in [2.75, 3.05) is 25.0 Å². The molecule has 0 aliphatic carbocycles. The van der Waals surface area contributed by atoms with Gasteiger partial charge in [0, 0.05) is 29.9 Å². The summed E-state index contributed by atoms with van der Waals surface area (Å²) in [5.41, 5.74) is 1.77. The SMILES string of the molecule is CCCN(CCC)C(=O)c1ccc(NC(=S)NC(=O)c2ccc(OCC)c(Br)c2)cc1. The van der Waals surface area contributed by atoms with Crippen LogP contribution in [0.1, 0.15) is 54.3 Å². The van der Waals surface area contributed by atoms with Crippen molar-refractivity contribution in [2.24, 2.45) is 0 Å². The van der Waals surface area contributed by atoms with Gasteiger partial charge in [-0.2, -0.15) is 0 Å². The molecule has 166 valence electrons. The van der Waals surface area contributed by atoms with Crippen molar-refractivity contribution in [1.29, 1.82) is 0 Å². The van der Waals surface area contributed by atoms with Crippen LogP contribution in [0, 0.1) is 0 Å². The van der Waals surface area contributed by atoms with Crippen molar-refractivity contribution in [3.8, 4) is 5.75 Å². The Balaban J connectivity index is 1.97. The van der Waals surface area contributed by atoms with Crippen molar-refractivity contribution in [1.82, 2.24) is 10.2 Å². The van der Waals surface area contributed by atoms with E-state index in [1.807, 2.05) is 11.8 Å². The number of nitrogens with zero attached hydrogens (tertiary/aromatic N) is 1. The third-order valence-electron chi connectivity index (χ3n) is 4.38. The van der Waals surface area contributed by atoms with Crippen LogP contribution in [0.15, 0.2) is 46.9 Å². The molecule has 2 amide bonds. The van der Waals surface area contributed by atoms with E-state index in [2.05, 4.69) is 40.4 Å². The van der Waals surface area contributed by atoms with Crippen molar-refractivity contribution in [2.45, 2.75) is 33.6 Å². The Morgan fingerprint density at radius 3 is 2.16 bits per heavy atom. The largest absolute Gasteiger partial charge is 0.493 e. The third kappa shape index (κ3) is 7.33. The van der Waals surface area contributed by atoms with Crippen molar-refractivity contribution in [3.63, 3.8) is 0 Å². The number of halogens is 1. The van der Waals surface area contributed by atoms with Gasteiger partial charge in [0.1, 0.15) is 5.75 Å². The highest BCUT2D eigenvalue weighted by Gasteiger charge is 2.15. The number of thiocarbonyl (C=S) groups is 1. The fourth-order valence-corrected chi connectivity index (χ4v) is 3.69. The second-order valence-electron chi connectivity index (χ2n) is 6.86. The number of hydrogen-bond donors (Lipinski definition) is 2. The van der Waals surface area contributed by atoms with Gasteiger partial charge in [0.05, 0.1) is 11.1 Å². The summed E-state index contributed by atoms with van der Waals surface area (Å²) in [6.45, 7) is 8.03. The Kier molecular flexibility index (Phi) is 9.94. The topological polar surface area (TPSA) is 70.7 Å². The maximum atomic E-state index is 12.7. The second-order valence-corrected chi connectivity index (χ2v) is 8.12. The number of rotatable bonds is 9. The van der Waals surface area contributed by atoms with Gasteiger partial charge in [-0.05, 0) is 90.4 Å². The molecule has 2 rings (SSSR count). The average molecular weight is 506 g/mol. The van der Waals surface area contributed by atoms with Crippen LogP contribution in [0.5, 0.6) is 5.75 Å². The standard InChI is InChI=1S/C23H28BrN3O3S/c1-4-13-27(14-5-2)22(29)16-7-10-18(11-8-16)25-23(31)26-21(28)17-9-12-20(30-6-3)19(24)15-17/h7-12,15H,4-6,13-14H2,1-3H3,(H2,25,26,28,31). The molecule has 2 aromatic carbocycles. The number of carbonyl (C=O) groups is 2. The normalized spacial score (nSPS) is 10.3. The molecular weight excluding hydrogens is 478 g/mol. The third-order valence-corrected chi connectivity index (χ3v) is 5.21. The molecule has 6 nitrogen and oxygen atoms in total. The van der Waals surface area contributed by atoms with Crippen LogP contribution < -0.4 is 15.4 Å². The molecule has 0 heterocycles. The quantitative estimate of drug-likeness (QED) is 0.456. The summed E-state index contributed by atoms with van der Waals surface area (Å²) in [5, 5.41) is 5.80. The molecule has 0 saturated heterocycles. The van der Waals surface area contributed by atoms with E-state index in [0.717, 1.165) is 25.9 Å². The molecule has 2 N–H and O–H groups in total. The molecule has 2 aromatic rings. The van der Waals surface area contributed by atoms with Gasteiger partial charge < -0.3 is 15.0 Å². The summed E-state index contributed by atoms with van der Waals surface area (Å²) in [6.07, 6.45) is 1.84. The molecule has 0 saturated carbocycles. The minimum Gasteiger partial charge on any atom is -0.493 e. The Morgan fingerprint density at radius 1 is 1.00 bits per heavy atom. The molecule has 8 heteroatoms. The highest BCUT2D eigenvalue weighted by molar-refractivity contribution is 9.10. The van der Waals surface area contributed by atoms with Gasteiger partial charge in [-0.3, -0.25) is 14.9 Å². The first-order valence-corrected chi connectivity index (χ1v) is 11.5. The number of benzene rings is 2. The van der Waals surface area contributed by atoms with E-state index in [0.29, 0.717) is 33.6 Å². The van der Waals surface area contributed by atoms with Crippen molar-refractivity contribution in [3.05, 3.63) is 58.1 Å². The molecule has 0 aliphatic rings. The highest BCUT2D eigenvalue weighted by Crippen LogP contribution is 2.26. The number of nitrogens with one attached hydrogen (secondary N) is 2. The van der Waals surface area contributed by atoms with Gasteiger partial charge in [0.15, 0.2) is 5.11 Å². The number of ether oxygens (including phenoxy) is 1. The molecular formula is C23H28BrN3O3S. The Bertz CT molecular complexity index is 913. The first-order chi connectivity index (χ1) is 14.9. The molecule has 0 unspecified atom stereocenters. The zero-order chi connectivity index (χ0) is 22.8. The van der Waals surface area contributed by atoms with Crippen LogP contribution in [-0.2, 0) is 0 Å². The van der Waals surface area contributed by atoms with Crippen LogP contribution in [0.3, 0.4) is 0 Å². The lowest BCUT2D eigenvalue weighted by atomic mass is 10.1. The van der Waals surface area contributed by atoms with Crippen molar-refractivity contribution >= 4 is 50.8 Å². The minimum absolute atomic E-state index is 0.0206. The molecule has 31 heavy (non-hydrogen) atoms. The molecule has 0 bridgehead atoms. The molecule has 0 aromatic heterocycles. The first kappa shape index (κ1) is 24.8. The monoisotopic (exact) mass is 505 g/mol. The lowest BCUT2D eigenvalue weighted by molar-refractivity contribution is 0.0755. The lowest BCUT2D eigenvalue weighted by Crippen LogP contribution is -2.34. The van der Waals surface area contributed by atoms with Crippen LogP contribution in [0.2, 0.25) is 0 Å². The van der Waals surface area contributed by atoms with Gasteiger partial charge in [0.25, 0.3) is 11.8 Å². The predicted molar refractivity (Wildman–Crippen MR) is 132 cm³/mol. The molecule has 0 spiro atoms. The summed E-state index contributed by atoms with van der Waals surface area (Å²) in [6, 6.07) is 12.2. The lowest BCUT2D eigenvalue weighted by Gasteiger charge is -2.21. The van der Waals surface area contributed by atoms with Gasteiger partial charge in [-0.15, -0.1) is 0 Å². The van der Waals surface area contributed by atoms with E-state index in [4.69, 9.17) is 17.0 Å². The molecule has 0 radical (unpaired) electrons. The molecule has 0 fully saturated rings.